The van der Waals surface area contributed by atoms with Crippen LogP contribution in [0.2, 0.25) is 0 Å². The van der Waals surface area contributed by atoms with Gasteiger partial charge in [-0.1, -0.05) is 12.1 Å². The summed E-state index contributed by atoms with van der Waals surface area (Å²) in [5.41, 5.74) is -1.04. The molecule has 2 aromatic rings. The van der Waals surface area contributed by atoms with Crippen molar-refractivity contribution in [1.82, 2.24) is 4.90 Å². The Bertz CT molecular complexity index is 893. The van der Waals surface area contributed by atoms with Gasteiger partial charge in [0, 0.05) is 25.3 Å². The largest absolute Gasteiger partial charge is 0.416 e. The van der Waals surface area contributed by atoms with Gasteiger partial charge in [-0.3, -0.25) is 9.52 Å². The van der Waals surface area contributed by atoms with Gasteiger partial charge in [0.25, 0.3) is 15.9 Å². The van der Waals surface area contributed by atoms with Crippen molar-refractivity contribution in [3.05, 3.63) is 59.7 Å². The van der Waals surface area contributed by atoms with Gasteiger partial charge < -0.3 is 4.90 Å². The molecule has 1 N–H and O–H groups in total. The molecule has 0 saturated heterocycles. The molecule has 0 unspecified atom stereocenters. The molecule has 0 aliphatic rings. The molecule has 134 valence electrons. The minimum atomic E-state index is -4.58. The number of anilines is 1. The van der Waals surface area contributed by atoms with Crippen molar-refractivity contribution >= 4 is 21.6 Å². The lowest BCUT2D eigenvalue weighted by molar-refractivity contribution is -0.137. The molecule has 0 atom stereocenters. The van der Waals surface area contributed by atoms with E-state index in [-0.39, 0.29) is 16.1 Å². The number of carbonyl (C=O) groups is 1. The summed E-state index contributed by atoms with van der Waals surface area (Å²) in [5, 5.41) is 0. The number of hydrogen-bond donors (Lipinski definition) is 1. The third-order valence-electron chi connectivity index (χ3n) is 3.24. The molecular weight excluding hydrogens is 357 g/mol. The zero-order valence-corrected chi connectivity index (χ0v) is 14.1. The van der Waals surface area contributed by atoms with E-state index in [0.717, 1.165) is 18.2 Å². The van der Waals surface area contributed by atoms with Crippen LogP contribution in [-0.2, 0) is 16.2 Å². The van der Waals surface area contributed by atoms with Crippen molar-refractivity contribution in [2.75, 3.05) is 18.8 Å². The summed E-state index contributed by atoms with van der Waals surface area (Å²) >= 11 is 0. The number of benzene rings is 2. The van der Waals surface area contributed by atoms with E-state index in [4.69, 9.17) is 0 Å². The Morgan fingerprint density at radius 1 is 1.04 bits per heavy atom. The Kier molecular flexibility index (Phi) is 5.07. The minimum absolute atomic E-state index is 0.150. The fourth-order valence-corrected chi connectivity index (χ4v) is 3.12. The maximum Gasteiger partial charge on any atom is 0.416 e. The molecule has 0 aromatic heterocycles. The Hall–Kier alpha value is -2.55. The highest BCUT2D eigenvalue weighted by atomic mass is 32.2. The standard InChI is InChI=1S/C16H15F3N2O3S/c1-21(2)15(22)11-5-3-8-14(9-11)25(23,24)20-13-7-4-6-12(10-13)16(17,18)19/h3-10,20H,1-2H3. The molecular formula is C16H15F3N2O3S. The average Bonchev–Trinajstić information content (AvgIpc) is 2.53. The van der Waals surface area contributed by atoms with Gasteiger partial charge in [-0.2, -0.15) is 13.2 Å². The number of amides is 1. The molecule has 0 radical (unpaired) electrons. The molecule has 0 heterocycles. The van der Waals surface area contributed by atoms with E-state index in [1.807, 2.05) is 0 Å². The predicted octanol–water partition coefficient (Wildman–Crippen LogP) is 3.21. The van der Waals surface area contributed by atoms with Gasteiger partial charge in [-0.25, -0.2) is 8.42 Å². The number of nitrogens with zero attached hydrogens (tertiary/aromatic N) is 1. The first-order chi connectivity index (χ1) is 11.5. The second-order valence-electron chi connectivity index (χ2n) is 5.41. The number of sulfonamides is 1. The summed E-state index contributed by atoms with van der Waals surface area (Å²) in [6.45, 7) is 0. The van der Waals surface area contributed by atoms with Crippen LogP contribution in [0.1, 0.15) is 15.9 Å². The van der Waals surface area contributed by atoms with E-state index in [0.29, 0.717) is 6.07 Å². The third-order valence-corrected chi connectivity index (χ3v) is 4.62. The van der Waals surface area contributed by atoms with E-state index in [1.165, 1.54) is 43.3 Å². The van der Waals surface area contributed by atoms with E-state index in [2.05, 4.69) is 4.72 Å². The average molecular weight is 372 g/mol. The Morgan fingerprint density at radius 3 is 2.28 bits per heavy atom. The summed E-state index contributed by atoms with van der Waals surface area (Å²) in [6, 6.07) is 9.11. The van der Waals surface area contributed by atoms with Gasteiger partial charge >= 0.3 is 6.18 Å². The molecule has 2 rings (SSSR count). The zero-order chi connectivity index (χ0) is 18.8. The molecule has 9 heteroatoms. The van der Waals surface area contributed by atoms with Gasteiger partial charge in [0.1, 0.15) is 0 Å². The quantitative estimate of drug-likeness (QED) is 0.896. The van der Waals surface area contributed by atoms with Gasteiger partial charge in [-0.05, 0) is 36.4 Å². The number of alkyl halides is 3. The highest BCUT2D eigenvalue weighted by Gasteiger charge is 2.30. The normalized spacial score (nSPS) is 11.9. The van der Waals surface area contributed by atoms with Crippen LogP contribution in [0.3, 0.4) is 0 Å². The molecule has 1 amide bonds. The topological polar surface area (TPSA) is 66.5 Å². The molecule has 0 fully saturated rings. The van der Waals surface area contributed by atoms with Crippen LogP contribution in [0.4, 0.5) is 18.9 Å². The van der Waals surface area contributed by atoms with Crippen molar-refractivity contribution < 1.29 is 26.4 Å². The van der Waals surface area contributed by atoms with E-state index in [1.54, 1.807) is 0 Å². The lowest BCUT2D eigenvalue weighted by Gasteiger charge is -2.13. The van der Waals surface area contributed by atoms with Crippen LogP contribution < -0.4 is 4.72 Å². The summed E-state index contributed by atoms with van der Waals surface area (Å²) in [5.74, 6) is -0.392. The summed E-state index contributed by atoms with van der Waals surface area (Å²) in [7, 11) is -1.11. The fourth-order valence-electron chi connectivity index (χ4n) is 2.03. The third kappa shape index (κ3) is 4.50. The molecule has 0 saturated carbocycles. The first-order valence-electron chi connectivity index (χ1n) is 7.02. The SMILES string of the molecule is CN(C)C(=O)c1cccc(S(=O)(=O)Nc2cccc(C(F)(F)F)c2)c1. The first kappa shape index (κ1) is 18.8. The van der Waals surface area contributed by atoms with Gasteiger partial charge in [-0.15, -0.1) is 0 Å². The predicted molar refractivity (Wildman–Crippen MR) is 86.7 cm³/mol. The highest BCUT2D eigenvalue weighted by molar-refractivity contribution is 7.92. The molecule has 2 aromatic carbocycles. The number of halogens is 3. The molecule has 5 nitrogen and oxygen atoms in total. The second-order valence-corrected chi connectivity index (χ2v) is 7.09. The van der Waals surface area contributed by atoms with Crippen LogP contribution in [0.15, 0.2) is 53.4 Å². The van der Waals surface area contributed by atoms with Crippen molar-refractivity contribution in [1.29, 1.82) is 0 Å². The van der Waals surface area contributed by atoms with Crippen molar-refractivity contribution in [2.24, 2.45) is 0 Å². The van der Waals surface area contributed by atoms with Gasteiger partial charge in [0.05, 0.1) is 10.5 Å². The number of hydrogen-bond acceptors (Lipinski definition) is 3. The molecule has 0 aliphatic carbocycles. The lowest BCUT2D eigenvalue weighted by Crippen LogP contribution is -2.22. The van der Waals surface area contributed by atoms with Crippen LogP contribution in [0.5, 0.6) is 0 Å². The smallest absolute Gasteiger partial charge is 0.345 e. The lowest BCUT2D eigenvalue weighted by atomic mass is 10.2. The van der Waals surface area contributed by atoms with Crippen LogP contribution >= 0.6 is 0 Å². The Balaban J connectivity index is 2.34. The van der Waals surface area contributed by atoms with E-state index < -0.39 is 27.7 Å². The molecule has 0 bridgehead atoms. The zero-order valence-electron chi connectivity index (χ0n) is 13.3. The summed E-state index contributed by atoms with van der Waals surface area (Å²) in [4.78, 5) is 13.0. The maximum atomic E-state index is 12.7. The van der Waals surface area contributed by atoms with Gasteiger partial charge in [0.15, 0.2) is 0 Å². The molecule has 0 spiro atoms. The fraction of sp³-hybridized carbons (Fsp3) is 0.188. The second kappa shape index (κ2) is 6.75. The maximum absolute atomic E-state index is 12.7. The van der Waals surface area contributed by atoms with Gasteiger partial charge in [0.2, 0.25) is 0 Å². The summed E-state index contributed by atoms with van der Waals surface area (Å²) in [6.07, 6.45) is -4.58. The first-order valence-corrected chi connectivity index (χ1v) is 8.51. The Labute approximate surface area is 143 Å². The van der Waals surface area contributed by atoms with Crippen LogP contribution in [0.25, 0.3) is 0 Å². The van der Waals surface area contributed by atoms with Crippen molar-refractivity contribution in [2.45, 2.75) is 11.1 Å². The number of rotatable bonds is 4. The Morgan fingerprint density at radius 2 is 1.68 bits per heavy atom. The van der Waals surface area contributed by atoms with E-state index >= 15 is 0 Å². The minimum Gasteiger partial charge on any atom is -0.345 e. The van der Waals surface area contributed by atoms with Crippen molar-refractivity contribution in [3.63, 3.8) is 0 Å². The van der Waals surface area contributed by atoms with Crippen LogP contribution in [-0.4, -0.2) is 33.3 Å². The monoisotopic (exact) mass is 372 g/mol. The molecule has 0 aliphatic heterocycles. The number of nitrogens with one attached hydrogen (secondary N) is 1. The van der Waals surface area contributed by atoms with Crippen molar-refractivity contribution in [3.8, 4) is 0 Å². The van der Waals surface area contributed by atoms with E-state index in [9.17, 15) is 26.4 Å². The van der Waals surface area contributed by atoms with Crippen LogP contribution in [0, 0.1) is 0 Å². The molecule has 25 heavy (non-hydrogen) atoms. The summed E-state index contributed by atoms with van der Waals surface area (Å²) < 4.78 is 65.0. The number of carbonyl (C=O) groups excluding carboxylic acids is 1. The highest BCUT2D eigenvalue weighted by Crippen LogP contribution is 2.31.